The number of anilines is 1. The van der Waals surface area contributed by atoms with E-state index >= 15 is 0 Å². The summed E-state index contributed by atoms with van der Waals surface area (Å²) in [5.41, 5.74) is 6.83. The van der Waals surface area contributed by atoms with E-state index in [0.717, 1.165) is 12.1 Å². The second-order valence-corrected chi connectivity index (χ2v) is 7.49. The fraction of sp³-hybridized carbons (Fsp3) is 0.571. The molecule has 0 aliphatic heterocycles. The number of hydrogen-bond donors (Lipinski definition) is 6. The number of amides is 4. The van der Waals surface area contributed by atoms with E-state index in [4.69, 9.17) is 5.73 Å². The second kappa shape index (κ2) is 13.6. The molecule has 0 heterocycles. The first-order valence-electron chi connectivity index (χ1n) is 10.4. The molecule has 0 radical (unpaired) electrons. The molecular formula is C21H36N6O3. The van der Waals surface area contributed by atoms with Gasteiger partial charge in [-0.05, 0) is 50.0 Å². The van der Waals surface area contributed by atoms with Crippen LogP contribution in [0.1, 0.15) is 39.2 Å². The van der Waals surface area contributed by atoms with E-state index < -0.39 is 18.1 Å². The molecule has 1 rings (SSSR count). The predicted octanol–water partition coefficient (Wildman–Crippen LogP) is 0.912. The van der Waals surface area contributed by atoms with E-state index in [1.165, 1.54) is 0 Å². The fourth-order valence-electron chi connectivity index (χ4n) is 3.04. The quantitative estimate of drug-likeness (QED) is 0.264. The third kappa shape index (κ3) is 9.23. The lowest BCUT2D eigenvalue weighted by Gasteiger charge is -2.25. The zero-order valence-electron chi connectivity index (χ0n) is 18.4. The molecule has 168 valence electrons. The van der Waals surface area contributed by atoms with Crippen LogP contribution >= 0.6 is 0 Å². The van der Waals surface area contributed by atoms with Crippen molar-refractivity contribution in [2.24, 2.45) is 11.7 Å². The molecule has 0 aromatic heterocycles. The van der Waals surface area contributed by atoms with Gasteiger partial charge in [0, 0.05) is 18.8 Å². The van der Waals surface area contributed by atoms with Crippen LogP contribution in [0.15, 0.2) is 24.3 Å². The summed E-state index contributed by atoms with van der Waals surface area (Å²) in [5, 5.41) is 14.4. The van der Waals surface area contributed by atoms with Crippen LogP contribution in [0.5, 0.6) is 0 Å². The van der Waals surface area contributed by atoms with Crippen LogP contribution < -0.4 is 32.3 Å². The number of rotatable bonds is 13. The first-order valence-corrected chi connectivity index (χ1v) is 10.4. The average molecular weight is 421 g/mol. The van der Waals surface area contributed by atoms with Gasteiger partial charge >= 0.3 is 6.03 Å². The van der Waals surface area contributed by atoms with Gasteiger partial charge in [0.25, 0.3) is 0 Å². The molecule has 0 aliphatic rings. The van der Waals surface area contributed by atoms with E-state index in [2.05, 4.69) is 26.6 Å². The van der Waals surface area contributed by atoms with Crippen LogP contribution in [-0.2, 0) is 16.1 Å². The summed E-state index contributed by atoms with van der Waals surface area (Å²) in [7, 11) is 1.87. The van der Waals surface area contributed by atoms with E-state index in [1.54, 1.807) is 0 Å². The third-order valence-electron chi connectivity index (χ3n) is 4.58. The number of benzene rings is 1. The van der Waals surface area contributed by atoms with Crippen molar-refractivity contribution in [2.45, 2.75) is 52.2 Å². The predicted molar refractivity (Wildman–Crippen MR) is 119 cm³/mol. The van der Waals surface area contributed by atoms with Crippen LogP contribution in [0.2, 0.25) is 0 Å². The number of urea groups is 1. The lowest BCUT2D eigenvalue weighted by Crippen LogP contribution is -2.53. The Morgan fingerprint density at radius 2 is 1.73 bits per heavy atom. The number of carbonyl (C=O) groups is 3. The Morgan fingerprint density at radius 3 is 2.27 bits per heavy atom. The number of nitrogens with one attached hydrogen (secondary N) is 5. The molecule has 0 saturated carbocycles. The lowest BCUT2D eigenvalue weighted by molar-refractivity contribution is -0.128. The molecule has 0 aliphatic carbocycles. The highest BCUT2D eigenvalue weighted by molar-refractivity contribution is 5.97. The molecule has 0 unspecified atom stereocenters. The Labute approximate surface area is 178 Å². The van der Waals surface area contributed by atoms with Crippen molar-refractivity contribution in [1.82, 2.24) is 21.3 Å². The van der Waals surface area contributed by atoms with Gasteiger partial charge in [-0.2, -0.15) is 0 Å². The molecule has 9 nitrogen and oxygen atoms in total. The van der Waals surface area contributed by atoms with E-state index in [9.17, 15) is 14.4 Å². The maximum Gasteiger partial charge on any atom is 0.312 e. The smallest absolute Gasteiger partial charge is 0.312 e. The van der Waals surface area contributed by atoms with Crippen LogP contribution in [-0.4, -0.2) is 50.1 Å². The third-order valence-corrected chi connectivity index (χ3v) is 4.58. The number of hydrogen-bond acceptors (Lipinski definition) is 5. The molecule has 9 heteroatoms. The molecule has 0 fully saturated rings. The normalized spacial score (nSPS) is 12.8. The first kappa shape index (κ1) is 25.4. The average Bonchev–Trinajstić information content (AvgIpc) is 2.69. The Kier molecular flexibility index (Phi) is 11.5. The Balaban J connectivity index is 2.82. The van der Waals surface area contributed by atoms with Crippen molar-refractivity contribution in [3.8, 4) is 0 Å². The monoisotopic (exact) mass is 420 g/mol. The summed E-state index contributed by atoms with van der Waals surface area (Å²) >= 11 is 0. The maximum atomic E-state index is 12.9. The van der Waals surface area contributed by atoms with E-state index in [0.29, 0.717) is 31.6 Å². The molecule has 2 atom stereocenters. The number of carbonyl (C=O) groups excluding carboxylic acids is 3. The number of nitrogens with two attached hydrogens (primary N) is 1. The van der Waals surface area contributed by atoms with Gasteiger partial charge in [-0.25, -0.2) is 4.79 Å². The van der Waals surface area contributed by atoms with Crippen LogP contribution in [0.3, 0.4) is 0 Å². The molecule has 1 aromatic rings. The van der Waals surface area contributed by atoms with Gasteiger partial charge in [-0.15, -0.1) is 0 Å². The number of likely N-dealkylation sites (N-methyl/N-ethyl adjacent to an activating group) is 1. The van der Waals surface area contributed by atoms with Crippen LogP contribution in [0.4, 0.5) is 10.5 Å². The van der Waals surface area contributed by atoms with Gasteiger partial charge in [-0.3, -0.25) is 9.59 Å². The topological polar surface area (TPSA) is 137 Å². The highest BCUT2D eigenvalue weighted by Gasteiger charge is 2.26. The summed E-state index contributed by atoms with van der Waals surface area (Å²) < 4.78 is 0. The van der Waals surface area contributed by atoms with Crippen molar-refractivity contribution in [3.05, 3.63) is 29.8 Å². The minimum absolute atomic E-state index is 0.0740. The Bertz CT molecular complexity index is 678. The molecule has 0 spiro atoms. The summed E-state index contributed by atoms with van der Waals surface area (Å²) in [5.74, 6) is -0.452. The summed E-state index contributed by atoms with van der Waals surface area (Å²) in [6.45, 7) is 7.54. The highest BCUT2D eigenvalue weighted by Crippen LogP contribution is 2.11. The number of primary amides is 1. The Morgan fingerprint density at radius 1 is 1.07 bits per heavy atom. The molecule has 0 saturated heterocycles. The Hall–Kier alpha value is -2.65. The van der Waals surface area contributed by atoms with E-state index in [-0.39, 0.29) is 17.7 Å². The maximum absolute atomic E-state index is 12.9. The SMILES string of the molecule is CCN[C@H](C(=O)N[C@@H](CCCNC(N)=O)C(=O)Nc1ccc(CNC)cc1)C(C)C. The van der Waals surface area contributed by atoms with Crippen molar-refractivity contribution >= 4 is 23.5 Å². The standard InChI is InChI=1S/C21H36N6O3/c1-5-24-18(14(2)3)20(29)27-17(7-6-12-25-21(22)30)19(28)26-16-10-8-15(9-11-16)13-23-4/h8-11,14,17-18,23-24H,5-7,12-13H2,1-4H3,(H,26,28)(H,27,29)(H3,22,25,30)/t17-,18-/m0/s1. The molecule has 4 amide bonds. The summed E-state index contributed by atoms with van der Waals surface area (Å²) in [4.78, 5) is 36.5. The van der Waals surface area contributed by atoms with Crippen LogP contribution in [0, 0.1) is 5.92 Å². The van der Waals surface area contributed by atoms with E-state index in [1.807, 2.05) is 52.1 Å². The zero-order chi connectivity index (χ0) is 22.5. The zero-order valence-corrected chi connectivity index (χ0v) is 18.4. The van der Waals surface area contributed by atoms with Gasteiger partial charge in [0.1, 0.15) is 6.04 Å². The van der Waals surface area contributed by atoms with Crippen molar-refractivity contribution in [3.63, 3.8) is 0 Å². The van der Waals surface area contributed by atoms with Gasteiger partial charge in [-0.1, -0.05) is 32.9 Å². The second-order valence-electron chi connectivity index (χ2n) is 7.49. The van der Waals surface area contributed by atoms with Crippen molar-refractivity contribution < 1.29 is 14.4 Å². The molecule has 1 aromatic carbocycles. The lowest BCUT2D eigenvalue weighted by atomic mass is 10.0. The van der Waals surface area contributed by atoms with Gasteiger partial charge in [0.15, 0.2) is 0 Å². The summed E-state index contributed by atoms with van der Waals surface area (Å²) in [6.07, 6.45) is 0.864. The van der Waals surface area contributed by atoms with Crippen molar-refractivity contribution in [2.75, 3.05) is 25.5 Å². The van der Waals surface area contributed by atoms with Gasteiger partial charge in [0.05, 0.1) is 6.04 Å². The minimum Gasteiger partial charge on any atom is -0.352 e. The first-order chi connectivity index (χ1) is 14.3. The van der Waals surface area contributed by atoms with Gasteiger partial charge < -0.3 is 32.3 Å². The molecular weight excluding hydrogens is 384 g/mol. The molecule has 30 heavy (non-hydrogen) atoms. The largest absolute Gasteiger partial charge is 0.352 e. The minimum atomic E-state index is -0.732. The van der Waals surface area contributed by atoms with Gasteiger partial charge in [0.2, 0.25) is 11.8 Å². The van der Waals surface area contributed by atoms with Crippen LogP contribution in [0.25, 0.3) is 0 Å². The molecule has 0 bridgehead atoms. The highest BCUT2D eigenvalue weighted by atomic mass is 16.2. The molecule has 7 N–H and O–H groups in total. The summed E-state index contributed by atoms with van der Waals surface area (Å²) in [6, 6.07) is 5.77. The van der Waals surface area contributed by atoms with Crippen molar-refractivity contribution in [1.29, 1.82) is 0 Å². The fourth-order valence-corrected chi connectivity index (χ4v) is 3.04.